The Hall–Kier alpha value is -1.06. The van der Waals surface area contributed by atoms with Gasteiger partial charge in [-0.1, -0.05) is 19.1 Å². The molecule has 3 nitrogen and oxygen atoms in total. The molecule has 3 heteroatoms. The smallest absolute Gasteiger partial charge is 0.118 e. The molecule has 0 radical (unpaired) electrons. The Balaban J connectivity index is 1.83. The van der Waals surface area contributed by atoms with Crippen molar-refractivity contribution in [1.82, 2.24) is 0 Å². The van der Waals surface area contributed by atoms with Crippen LogP contribution in [0.1, 0.15) is 25.3 Å². The second-order valence-electron chi connectivity index (χ2n) is 5.15. The van der Waals surface area contributed by atoms with E-state index < -0.39 is 0 Å². The van der Waals surface area contributed by atoms with Gasteiger partial charge in [0, 0.05) is 12.6 Å². The summed E-state index contributed by atoms with van der Waals surface area (Å²) in [5.41, 5.74) is 7.53. The zero-order valence-corrected chi connectivity index (χ0v) is 11.3. The second-order valence-corrected chi connectivity index (χ2v) is 5.15. The molecule has 100 valence electrons. The van der Waals surface area contributed by atoms with Gasteiger partial charge in [-0.25, -0.2) is 0 Å². The molecule has 0 bridgehead atoms. The van der Waals surface area contributed by atoms with E-state index in [0.29, 0.717) is 5.92 Å². The van der Waals surface area contributed by atoms with Crippen molar-refractivity contribution in [2.45, 2.75) is 38.3 Å². The average molecular weight is 249 g/mol. The van der Waals surface area contributed by atoms with Crippen LogP contribution in [0, 0.1) is 5.92 Å². The molecule has 0 amide bonds. The summed E-state index contributed by atoms with van der Waals surface area (Å²) in [5.74, 6) is 1.49. The van der Waals surface area contributed by atoms with E-state index in [4.69, 9.17) is 15.2 Å². The van der Waals surface area contributed by atoms with Gasteiger partial charge in [0.25, 0.3) is 0 Å². The van der Waals surface area contributed by atoms with E-state index in [0.717, 1.165) is 31.6 Å². The minimum atomic E-state index is 0.143. The summed E-state index contributed by atoms with van der Waals surface area (Å²) < 4.78 is 10.9. The van der Waals surface area contributed by atoms with E-state index >= 15 is 0 Å². The highest BCUT2D eigenvalue weighted by Crippen LogP contribution is 2.24. The van der Waals surface area contributed by atoms with Crippen LogP contribution >= 0.6 is 0 Å². The van der Waals surface area contributed by atoms with Crippen LogP contribution in [-0.4, -0.2) is 25.9 Å². The molecule has 18 heavy (non-hydrogen) atoms. The molecule has 3 atom stereocenters. The van der Waals surface area contributed by atoms with Crippen molar-refractivity contribution >= 4 is 0 Å². The maximum absolute atomic E-state index is 6.22. The molecule has 2 rings (SSSR count). The number of aryl methyl sites for hydroxylation is 1. The molecule has 1 aliphatic rings. The highest BCUT2D eigenvalue weighted by Gasteiger charge is 2.29. The van der Waals surface area contributed by atoms with Crippen molar-refractivity contribution in [3.05, 3.63) is 29.8 Å². The Kier molecular flexibility index (Phi) is 4.61. The van der Waals surface area contributed by atoms with Crippen molar-refractivity contribution < 1.29 is 9.47 Å². The van der Waals surface area contributed by atoms with E-state index in [1.807, 2.05) is 12.1 Å². The van der Waals surface area contributed by atoms with Crippen LogP contribution in [0.3, 0.4) is 0 Å². The van der Waals surface area contributed by atoms with Gasteiger partial charge in [0.15, 0.2) is 0 Å². The molecule has 3 unspecified atom stereocenters. The number of ether oxygens (including phenoxy) is 2. The van der Waals surface area contributed by atoms with Crippen molar-refractivity contribution in [2.24, 2.45) is 11.7 Å². The Morgan fingerprint density at radius 3 is 2.67 bits per heavy atom. The van der Waals surface area contributed by atoms with Gasteiger partial charge < -0.3 is 15.2 Å². The van der Waals surface area contributed by atoms with Crippen LogP contribution < -0.4 is 10.5 Å². The predicted molar refractivity (Wildman–Crippen MR) is 72.8 cm³/mol. The topological polar surface area (TPSA) is 44.5 Å². The zero-order valence-electron chi connectivity index (χ0n) is 11.3. The fourth-order valence-corrected chi connectivity index (χ4v) is 2.55. The van der Waals surface area contributed by atoms with E-state index in [2.05, 4.69) is 19.1 Å². The lowest BCUT2D eigenvalue weighted by atomic mass is 9.94. The molecular formula is C15H23NO2. The van der Waals surface area contributed by atoms with E-state index in [-0.39, 0.29) is 12.1 Å². The highest BCUT2D eigenvalue weighted by molar-refractivity contribution is 5.27. The molecule has 2 N–H and O–H groups in total. The SMILES string of the molecule is COc1ccc(CCC(N)C2OCCC2C)cc1. The molecule has 1 saturated heterocycles. The maximum Gasteiger partial charge on any atom is 0.118 e. The number of rotatable bonds is 5. The average Bonchev–Trinajstić information content (AvgIpc) is 2.83. The van der Waals surface area contributed by atoms with Gasteiger partial charge in [0.1, 0.15) is 5.75 Å². The lowest BCUT2D eigenvalue weighted by Crippen LogP contribution is -2.38. The molecule has 0 spiro atoms. The van der Waals surface area contributed by atoms with Crippen molar-refractivity contribution in [3.63, 3.8) is 0 Å². The Labute approximate surface area is 109 Å². The van der Waals surface area contributed by atoms with Crippen LogP contribution in [-0.2, 0) is 11.2 Å². The number of methoxy groups -OCH3 is 1. The first-order valence-electron chi connectivity index (χ1n) is 6.71. The third-order valence-electron chi connectivity index (χ3n) is 3.79. The van der Waals surface area contributed by atoms with Crippen LogP contribution in [0.5, 0.6) is 5.75 Å². The van der Waals surface area contributed by atoms with Gasteiger partial charge in [-0.3, -0.25) is 0 Å². The molecule has 1 fully saturated rings. The minimum Gasteiger partial charge on any atom is -0.497 e. The Morgan fingerprint density at radius 2 is 2.11 bits per heavy atom. The molecule has 1 aromatic carbocycles. The predicted octanol–water partition coefficient (Wildman–Crippen LogP) is 2.38. The van der Waals surface area contributed by atoms with E-state index in [1.54, 1.807) is 7.11 Å². The van der Waals surface area contributed by atoms with Gasteiger partial charge in [0.05, 0.1) is 13.2 Å². The summed E-state index contributed by atoms with van der Waals surface area (Å²) in [7, 11) is 1.68. The van der Waals surface area contributed by atoms with Gasteiger partial charge in [-0.05, 0) is 42.9 Å². The van der Waals surface area contributed by atoms with Gasteiger partial charge in [-0.15, -0.1) is 0 Å². The third-order valence-corrected chi connectivity index (χ3v) is 3.79. The molecule has 0 aliphatic carbocycles. The monoisotopic (exact) mass is 249 g/mol. The number of nitrogens with two attached hydrogens (primary N) is 1. The van der Waals surface area contributed by atoms with Crippen LogP contribution in [0.4, 0.5) is 0 Å². The summed E-state index contributed by atoms with van der Waals surface area (Å²) in [4.78, 5) is 0. The lowest BCUT2D eigenvalue weighted by Gasteiger charge is -2.22. The fraction of sp³-hybridized carbons (Fsp3) is 0.600. The molecule has 1 aliphatic heterocycles. The molecule has 1 heterocycles. The number of hydrogen-bond donors (Lipinski definition) is 1. The summed E-state index contributed by atoms with van der Waals surface area (Å²) in [6.45, 7) is 3.09. The minimum absolute atomic E-state index is 0.143. The molecular weight excluding hydrogens is 226 g/mol. The standard InChI is InChI=1S/C15H23NO2/c1-11-9-10-18-15(11)14(16)8-5-12-3-6-13(17-2)7-4-12/h3-4,6-7,11,14-15H,5,8-10,16H2,1-2H3. The highest BCUT2D eigenvalue weighted by atomic mass is 16.5. The Morgan fingerprint density at radius 1 is 1.39 bits per heavy atom. The quantitative estimate of drug-likeness (QED) is 0.871. The first-order chi connectivity index (χ1) is 8.70. The first kappa shape index (κ1) is 13.4. The number of benzene rings is 1. The van der Waals surface area contributed by atoms with Crippen molar-refractivity contribution in [2.75, 3.05) is 13.7 Å². The molecule has 1 aromatic rings. The van der Waals surface area contributed by atoms with E-state index in [1.165, 1.54) is 5.56 Å². The van der Waals surface area contributed by atoms with Crippen molar-refractivity contribution in [3.8, 4) is 5.75 Å². The summed E-state index contributed by atoms with van der Waals surface area (Å²) >= 11 is 0. The zero-order chi connectivity index (χ0) is 13.0. The van der Waals surface area contributed by atoms with Gasteiger partial charge in [-0.2, -0.15) is 0 Å². The first-order valence-corrected chi connectivity index (χ1v) is 6.71. The fourth-order valence-electron chi connectivity index (χ4n) is 2.55. The normalized spacial score (nSPS) is 25.1. The van der Waals surface area contributed by atoms with E-state index in [9.17, 15) is 0 Å². The summed E-state index contributed by atoms with van der Waals surface area (Å²) in [5, 5.41) is 0. The lowest BCUT2D eigenvalue weighted by molar-refractivity contribution is 0.0703. The van der Waals surface area contributed by atoms with Gasteiger partial charge in [0.2, 0.25) is 0 Å². The van der Waals surface area contributed by atoms with Crippen LogP contribution in [0.15, 0.2) is 24.3 Å². The van der Waals surface area contributed by atoms with Crippen LogP contribution in [0.25, 0.3) is 0 Å². The maximum atomic E-state index is 6.22. The van der Waals surface area contributed by atoms with Gasteiger partial charge >= 0.3 is 0 Å². The third kappa shape index (κ3) is 3.24. The largest absolute Gasteiger partial charge is 0.497 e. The van der Waals surface area contributed by atoms with Crippen molar-refractivity contribution in [1.29, 1.82) is 0 Å². The second kappa shape index (κ2) is 6.21. The van der Waals surface area contributed by atoms with Crippen LogP contribution in [0.2, 0.25) is 0 Å². The number of hydrogen-bond acceptors (Lipinski definition) is 3. The Bertz CT molecular complexity index is 363. The summed E-state index contributed by atoms with van der Waals surface area (Å²) in [6, 6.07) is 8.34. The molecule has 0 aromatic heterocycles. The molecule has 0 saturated carbocycles. The summed E-state index contributed by atoms with van der Waals surface area (Å²) in [6.07, 6.45) is 3.35.